The number of aromatic nitrogens is 2. The molecule has 8 heteroatoms. The van der Waals surface area contributed by atoms with Crippen LogP contribution in [0.4, 0.5) is 10.5 Å². The average molecular weight is 468 g/mol. The van der Waals surface area contributed by atoms with Crippen molar-refractivity contribution in [1.82, 2.24) is 20.6 Å². The largest absolute Gasteiger partial charge is 0.488 e. The molecular weight excluding hydrogens is 430 g/mol. The van der Waals surface area contributed by atoms with Crippen molar-refractivity contribution in [2.45, 2.75) is 69.9 Å². The number of fused-ring (bicyclic) bond motifs is 1. The molecule has 2 aromatic rings. The Morgan fingerprint density at radius 1 is 1.00 bits per heavy atom. The standard InChI is InChI=1S/C26H37N5O3/c32-26(29-18-19-4-2-1-3-5-19)30-20-6-8-22(9-7-20)34-24-17-21(31-12-14-33-15-13-31)16-23-25(24)28-11-10-27-23/h10-11,16-17,19-20,22H,1-9,12-15,18H2,(H2,29,30,32)/t20-,22+. The first-order valence-electron chi connectivity index (χ1n) is 13.0. The zero-order valence-electron chi connectivity index (χ0n) is 20.0. The summed E-state index contributed by atoms with van der Waals surface area (Å²) in [5.74, 6) is 1.45. The van der Waals surface area contributed by atoms with Crippen LogP contribution < -0.4 is 20.3 Å². The van der Waals surface area contributed by atoms with Gasteiger partial charge in [-0.2, -0.15) is 0 Å². The maximum atomic E-state index is 12.4. The average Bonchev–Trinajstić information content (AvgIpc) is 2.90. The highest BCUT2D eigenvalue weighted by Crippen LogP contribution is 2.33. The van der Waals surface area contributed by atoms with Gasteiger partial charge in [0, 0.05) is 49.8 Å². The van der Waals surface area contributed by atoms with Gasteiger partial charge in [-0.15, -0.1) is 0 Å². The molecule has 2 heterocycles. The van der Waals surface area contributed by atoms with E-state index in [4.69, 9.17) is 9.47 Å². The van der Waals surface area contributed by atoms with Crippen LogP contribution in [-0.4, -0.2) is 61.0 Å². The zero-order chi connectivity index (χ0) is 23.2. The maximum absolute atomic E-state index is 12.4. The van der Waals surface area contributed by atoms with Crippen molar-refractivity contribution in [3.63, 3.8) is 0 Å². The molecule has 1 saturated heterocycles. The Morgan fingerprint density at radius 3 is 2.56 bits per heavy atom. The molecule has 0 atom stereocenters. The Morgan fingerprint density at radius 2 is 1.76 bits per heavy atom. The summed E-state index contributed by atoms with van der Waals surface area (Å²) < 4.78 is 12.0. The number of morpholine rings is 1. The topological polar surface area (TPSA) is 88.6 Å². The normalized spacial score (nSPS) is 24.1. The molecule has 2 amide bonds. The third-order valence-electron chi connectivity index (χ3n) is 7.48. The van der Waals surface area contributed by atoms with Crippen LogP contribution in [0.25, 0.3) is 11.0 Å². The quantitative estimate of drug-likeness (QED) is 0.667. The number of amides is 2. The van der Waals surface area contributed by atoms with Gasteiger partial charge in [-0.3, -0.25) is 4.98 Å². The number of carbonyl (C=O) groups is 1. The van der Waals surface area contributed by atoms with Gasteiger partial charge in [-0.1, -0.05) is 19.3 Å². The number of ether oxygens (including phenoxy) is 2. The van der Waals surface area contributed by atoms with Gasteiger partial charge in [0.2, 0.25) is 0 Å². The number of anilines is 1. The Balaban J connectivity index is 1.15. The monoisotopic (exact) mass is 467 g/mol. The van der Waals surface area contributed by atoms with Gasteiger partial charge < -0.3 is 25.0 Å². The summed E-state index contributed by atoms with van der Waals surface area (Å²) in [5, 5.41) is 6.28. The molecule has 184 valence electrons. The number of nitrogens with one attached hydrogen (secondary N) is 2. The summed E-state index contributed by atoms with van der Waals surface area (Å²) in [6, 6.07) is 4.38. The Kier molecular flexibility index (Phi) is 7.63. The van der Waals surface area contributed by atoms with E-state index < -0.39 is 0 Å². The van der Waals surface area contributed by atoms with E-state index in [1.165, 1.54) is 32.1 Å². The van der Waals surface area contributed by atoms with E-state index in [0.29, 0.717) is 5.92 Å². The van der Waals surface area contributed by atoms with Gasteiger partial charge in [0.05, 0.1) is 24.8 Å². The Labute approximate surface area is 201 Å². The van der Waals surface area contributed by atoms with Crippen molar-refractivity contribution in [2.24, 2.45) is 5.92 Å². The van der Waals surface area contributed by atoms with Crippen LogP contribution in [-0.2, 0) is 4.74 Å². The molecule has 0 radical (unpaired) electrons. The van der Waals surface area contributed by atoms with Gasteiger partial charge in [0.25, 0.3) is 0 Å². The lowest BCUT2D eigenvalue weighted by Crippen LogP contribution is -2.46. The number of hydrogen-bond acceptors (Lipinski definition) is 6. The fourth-order valence-electron chi connectivity index (χ4n) is 5.49. The predicted octanol–water partition coefficient (Wildman–Crippen LogP) is 4.04. The van der Waals surface area contributed by atoms with Gasteiger partial charge in [0.1, 0.15) is 11.3 Å². The molecule has 0 spiro atoms. The van der Waals surface area contributed by atoms with Crippen LogP contribution in [0.5, 0.6) is 5.75 Å². The molecule has 3 aliphatic rings. The molecule has 1 aliphatic heterocycles. The third-order valence-corrected chi connectivity index (χ3v) is 7.48. The fraction of sp³-hybridized carbons (Fsp3) is 0.654. The summed E-state index contributed by atoms with van der Waals surface area (Å²) in [6.45, 7) is 4.01. The van der Waals surface area contributed by atoms with Gasteiger partial charge in [-0.25, -0.2) is 9.78 Å². The van der Waals surface area contributed by atoms with Crippen molar-refractivity contribution >= 4 is 22.8 Å². The predicted molar refractivity (Wildman–Crippen MR) is 132 cm³/mol. The minimum atomic E-state index is -0.0191. The highest BCUT2D eigenvalue weighted by Gasteiger charge is 2.25. The van der Waals surface area contributed by atoms with E-state index >= 15 is 0 Å². The number of hydrogen-bond donors (Lipinski definition) is 2. The molecule has 1 aromatic heterocycles. The van der Waals surface area contributed by atoms with Crippen LogP contribution in [0.3, 0.4) is 0 Å². The highest BCUT2D eigenvalue weighted by molar-refractivity contribution is 5.85. The lowest BCUT2D eigenvalue weighted by Gasteiger charge is -2.31. The molecule has 0 bridgehead atoms. The first kappa shape index (κ1) is 23.1. The van der Waals surface area contributed by atoms with Crippen molar-refractivity contribution < 1.29 is 14.3 Å². The van der Waals surface area contributed by atoms with Crippen molar-refractivity contribution in [1.29, 1.82) is 0 Å². The first-order valence-corrected chi connectivity index (χ1v) is 13.0. The van der Waals surface area contributed by atoms with E-state index in [-0.39, 0.29) is 18.2 Å². The molecule has 2 saturated carbocycles. The van der Waals surface area contributed by atoms with E-state index in [1.54, 1.807) is 12.4 Å². The fourth-order valence-corrected chi connectivity index (χ4v) is 5.49. The summed E-state index contributed by atoms with van der Waals surface area (Å²) in [7, 11) is 0. The summed E-state index contributed by atoms with van der Waals surface area (Å²) in [5.41, 5.74) is 2.77. The molecular formula is C26H37N5O3. The number of nitrogens with zero attached hydrogens (tertiary/aromatic N) is 3. The van der Waals surface area contributed by atoms with Crippen LogP contribution in [0.1, 0.15) is 57.8 Å². The Bertz CT molecular complexity index is 951. The lowest BCUT2D eigenvalue weighted by molar-refractivity contribution is 0.122. The van der Waals surface area contributed by atoms with Gasteiger partial charge in [-0.05, 0) is 50.5 Å². The second-order valence-electron chi connectivity index (χ2n) is 9.92. The molecule has 0 unspecified atom stereocenters. The van der Waals surface area contributed by atoms with Crippen LogP contribution in [0.2, 0.25) is 0 Å². The van der Waals surface area contributed by atoms with Gasteiger partial charge in [0.15, 0.2) is 0 Å². The van der Waals surface area contributed by atoms with Gasteiger partial charge >= 0.3 is 6.03 Å². The molecule has 2 N–H and O–H groups in total. The van der Waals surface area contributed by atoms with Crippen molar-refractivity contribution in [3.8, 4) is 5.75 Å². The van der Waals surface area contributed by atoms with E-state index in [9.17, 15) is 4.79 Å². The first-order chi connectivity index (χ1) is 16.7. The zero-order valence-corrected chi connectivity index (χ0v) is 20.0. The van der Waals surface area contributed by atoms with Crippen LogP contribution >= 0.6 is 0 Å². The minimum Gasteiger partial charge on any atom is -0.488 e. The van der Waals surface area contributed by atoms with Crippen molar-refractivity contribution in [3.05, 3.63) is 24.5 Å². The highest BCUT2D eigenvalue weighted by atomic mass is 16.5. The SMILES string of the molecule is O=C(NCC1CCCCC1)N[C@H]1CC[C@@H](Oc2cc(N3CCOCC3)cc3nccnc23)CC1. The number of rotatable bonds is 6. The van der Waals surface area contributed by atoms with Crippen molar-refractivity contribution in [2.75, 3.05) is 37.7 Å². The smallest absolute Gasteiger partial charge is 0.315 e. The summed E-state index contributed by atoms with van der Waals surface area (Å²) >= 11 is 0. The van der Waals surface area contributed by atoms with Crippen LogP contribution in [0, 0.1) is 5.92 Å². The van der Waals surface area contributed by atoms with E-state index in [0.717, 1.165) is 81.0 Å². The number of benzene rings is 1. The van der Waals surface area contributed by atoms with E-state index in [2.05, 4.69) is 37.6 Å². The third kappa shape index (κ3) is 5.90. The molecule has 2 aliphatic carbocycles. The number of urea groups is 1. The molecule has 34 heavy (non-hydrogen) atoms. The maximum Gasteiger partial charge on any atom is 0.315 e. The minimum absolute atomic E-state index is 0.0191. The molecule has 3 fully saturated rings. The Hall–Kier alpha value is -2.61. The summed E-state index contributed by atoms with van der Waals surface area (Å²) in [6.07, 6.45) is 13.7. The van der Waals surface area contributed by atoms with Crippen LogP contribution in [0.15, 0.2) is 24.5 Å². The van der Waals surface area contributed by atoms with E-state index in [1.807, 2.05) is 0 Å². The molecule has 1 aromatic carbocycles. The summed E-state index contributed by atoms with van der Waals surface area (Å²) in [4.78, 5) is 23.8. The molecule has 5 rings (SSSR count). The lowest BCUT2D eigenvalue weighted by atomic mass is 9.89. The second-order valence-corrected chi connectivity index (χ2v) is 9.92. The second kappa shape index (κ2) is 11.2. The number of carbonyl (C=O) groups excluding carboxylic acids is 1. The molecule has 8 nitrogen and oxygen atoms in total.